The number of aliphatic hydroxyl groups is 1. The van der Waals surface area contributed by atoms with Gasteiger partial charge in [0.25, 0.3) is 5.91 Å². The van der Waals surface area contributed by atoms with Gasteiger partial charge in [0, 0.05) is 32.0 Å². The first kappa shape index (κ1) is 21.8. The van der Waals surface area contributed by atoms with Crippen molar-refractivity contribution in [3.05, 3.63) is 41.2 Å². The van der Waals surface area contributed by atoms with Crippen molar-refractivity contribution in [2.24, 2.45) is 0 Å². The van der Waals surface area contributed by atoms with E-state index in [1.807, 2.05) is 32.9 Å². The molecule has 1 amide bonds. The highest BCUT2D eigenvalue weighted by Crippen LogP contribution is 2.27. The molecule has 0 radical (unpaired) electrons. The molecule has 162 valence electrons. The molecule has 2 aromatic rings. The average Bonchev–Trinajstić information content (AvgIpc) is 3.14. The molecule has 30 heavy (non-hydrogen) atoms. The Hall–Kier alpha value is -2.87. The Labute approximate surface area is 177 Å². The molecule has 0 saturated carbocycles. The number of nitrogens with zero attached hydrogens (tertiary/aromatic N) is 3. The number of aryl methyl sites for hydroxylation is 1. The molecule has 4 heterocycles. The van der Waals surface area contributed by atoms with Gasteiger partial charge in [-0.05, 0) is 24.6 Å². The van der Waals surface area contributed by atoms with Gasteiger partial charge in [-0.25, -0.2) is 9.97 Å². The van der Waals surface area contributed by atoms with E-state index in [1.54, 1.807) is 12.3 Å². The number of fused-ring (bicyclic) bond motifs is 1. The van der Waals surface area contributed by atoms with Crippen molar-refractivity contribution < 1.29 is 19.4 Å². The number of carbonyl (C=O) groups excluding carboxylic acids is 1. The first-order valence-corrected chi connectivity index (χ1v) is 10.5. The molecule has 4 rings (SSSR count). The number of pyridine rings is 2. The number of aromatic nitrogens is 2. The van der Waals surface area contributed by atoms with Crippen molar-refractivity contribution in [2.45, 2.75) is 46.3 Å². The zero-order valence-corrected chi connectivity index (χ0v) is 17.9. The number of rotatable bonds is 6. The second-order valence-corrected chi connectivity index (χ2v) is 7.01. The number of anilines is 1. The first-order valence-electron chi connectivity index (χ1n) is 10.5. The van der Waals surface area contributed by atoms with E-state index >= 15 is 0 Å². The lowest BCUT2D eigenvalue weighted by Crippen LogP contribution is -2.39. The predicted octanol–water partition coefficient (Wildman–Crippen LogP) is 2.47. The Bertz CT molecular complexity index is 849. The fraction of sp³-hybridized carbons (Fsp3) is 0.500. The van der Waals surface area contributed by atoms with Crippen LogP contribution in [0.5, 0.6) is 11.6 Å². The molecule has 0 aromatic carbocycles. The van der Waals surface area contributed by atoms with E-state index in [0.29, 0.717) is 23.7 Å². The van der Waals surface area contributed by atoms with Gasteiger partial charge in [0.05, 0.1) is 30.6 Å². The molecule has 1 saturated heterocycles. The van der Waals surface area contributed by atoms with Crippen LogP contribution in [0.1, 0.15) is 48.3 Å². The van der Waals surface area contributed by atoms with Gasteiger partial charge >= 0.3 is 0 Å². The van der Waals surface area contributed by atoms with Gasteiger partial charge in [-0.15, -0.1) is 0 Å². The fourth-order valence-corrected chi connectivity index (χ4v) is 3.60. The van der Waals surface area contributed by atoms with Crippen LogP contribution in [0, 0.1) is 6.92 Å². The standard InChI is InChI=1S/C20H24N4O4.C2H6/c1-13-10-16-17(12-22-20(16)26)23-19(13)24-6-4-14(5-7-24)28-15-2-3-18(21-11-15)27-9-8-25;1-2/h2-3,10-11,14,25H,4-9,12H2,1H3,(H,22,26);1-2H3. The van der Waals surface area contributed by atoms with Gasteiger partial charge in [0.2, 0.25) is 5.88 Å². The molecule has 2 N–H and O–H groups in total. The van der Waals surface area contributed by atoms with Crippen LogP contribution >= 0.6 is 0 Å². The zero-order valence-electron chi connectivity index (χ0n) is 17.9. The van der Waals surface area contributed by atoms with E-state index in [1.165, 1.54) is 0 Å². The van der Waals surface area contributed by atoms with Crippen LogP contribution in [-0.2, 0) is 6.54 Å². The number of piperidine rings is 1. The Morgan fingerprint density at radius 2 is 2.03 bits per heavy atom. The lowest BCUT2D eigenvalue weighted by atomic mass is 10.1. The molecule has 0 bridgehead atoms. The van der Waals surface area contributed by atoms with E-state index < -0.39 is 0 Å². The zero-order chi connectivity index (χ0) is 21.5. The van der Waals surface area contributed by atoms with Crippen LogP contribution < -0.4 is 19.7 Å². The van der Waals surface area contributed by atoms with Crippen LogP contribution in [0.4, 0.5) is 5.82 Å². The summed E-state index contributed by atoms with van der Waals surface area (Å²) in [7, 11) is 0. The summed E-state index contributed by atoms with van der Waals surface area (Å²) in [5.41, 5.74) is 2.55. The van der Waals surface area contributed by atoms with E-state index in [4.69, 9.17) is 19.6 Å². The summed E-state index contributed by atoms with van der Waals surface area (Å²) >= 11 is 0. The topological polar surface area (TPSA) is 96.8 Å². The van der Waals surface area contributed by atoms with Gasteiger partial charge in [-0.3, -0.25) is 4.79 Å². The van der Waals surface area contributed by atoms with Crippen molar-refractivity contribution >= 4 is 11.7 Å². The van der Waals surface area contributed by atoms with E-state index in [0.717, 1.165) is 43.0 Å². The SMILES string of the molecule is CC.Cc1cc2c(nc1N1CCC(Oc3ccc(OCCO)nc3)CC1)CNC2=O. The van der Waals surface area contributed by atoms with Crippen molar-refractivity contribution in [1.29, 1.82) is 0 Å². The normalized spacial score (nSPS) is 15.7. The van der Waals surface area contributed by atoms with E-state index in [-0.39, 0.29) is 25.2 Å². The summed E-state index contributed by atoms with van der Waals surface area (Å²) in [5, 5.41) is 11.6. The number of amides is 1. The van der Waals surface area contributed by atoms with Crippen LogP contribution in [0.25, 0.3) is 0 Å². The van der Waals surface area contributed by atoms with Crippen molar-refractivity contribution in [3.8, 4) is 11.6 Å². The fourth-order valence-electron chi connectivity index (χ4n) is 3.60. The summed E-state index contributed by atoms with van der Waals surface area (Å²) in [6, 6.07) is 5.52. The summed E-state index contributed by atoms with van der Waals surface area (Å²) < 4.78 is 11.3. The first-order chi connectivity index (χ1) is 14.6. The highest BCUT2D eigenvalue weighted by molar-refractivity contribution is 5.98. The number of carbonyl (C=O) groups is 1. The number of nitrogens with one attached hydrogen (secondary N) is 1. The van der Waals surface area contributed by atoms with Crippen molar-refractivity contribution in [1.82, 2.24) is 15.3 Å². The van der Waals surface area contributed by atoms with Crippen LogP contribution in [-0.4, -0.2) is 53.4 Å². The highest BCUT2D eigenvalue weighted by atomic mass is 16.5. The number of hydrogen-bond acceptors (Lipinski definition) is 7. The van der Waals surface area contributed by atoms with Crippen molar-refractivity contribution in [2.75, 3.05) is 31.2 Å². The Balaban J connectivity index is 0.00000124. The largest absolute Gasteiger partial charge is 0.489 e. The second-order valence-electron chi connectivity index (χ2n) is 7.01. The molecule has 8 heteroatoms. The number of ether oxygens (including phenoxy) is 2. The lowest BCUT2D eigenvalue weighted by molar-refractivity contribution is 0.0965. The molecule has 0 atom stereocenters. The molecule has 0 unspecified atom stereocenters. The van der Waals surface area contributed by atoms with Gasteiger partial charge in [-0.1, -0.05) is 13.8 Å². The third-order valence-electron chi connectivity index (χ3n) is 5.02. The van der Waals surface area contributed by atoms with Crippen molar-refractivity contribution in [3.63, 3.8) is 0 Å². The molecule has 0 aliphatic carbocycles. The number of hydrogen-bond donors (Lipinski definition) is 2. The Kier molecular flexibility index (Phi) is 7.46. The van der Waals surface area contributed by atoms with Gasteiger partial charge in [0.1, 0.15) is 24.3 Å². The summed E-state index contributed by atoms with van der Waals surface area (Å²) in [6.45, 7) is 8.40. The molecule has 0 spiro atoms. The maximum absolute atomic E-state index is 11.8. The third-order valence-corrected chi connectivity index (χ3v) is 5.02. The van der Waals surface area contributed by atoms with E-state index in [9.17, 15) is 4.79 Å². The maximum atomic E-state index is 11.8. The van der Waals surface area contributed by atoms with Gasteiger partial charge in [0.15, 0.2) is 0 Å². The molecular weight excluding hydrogens is 384 g/mol. The van der Waals surface area contributed by atoms with Crippen LogP contribution in [0.2, 0.25) is 0 Å². The average molecular weight is 415 g/mol. The number of aliphatic hydroxyl groups excluding tert-OH is 1. The molecule has 2 aromatic heterocycles. The molecule has 2 aliphatic rings. The molecule has 2 aliphatic heterocycles. The summed E-state index contributed by atoms with van der Waals surface area (Å²) in [6.07, 6.45) is 3.55. The van der Waals surface area contributed by atoms with Crippen LogP contribution in [0.3, 0.4) is 0 Å². The monoisotopic (exact) mass is 414 g/mol. The van der Waals surface area contributed by atoms with Crippen LogP contribution in [0.15, 0.2) is 24.4 Å². The molecule has 8 nitrogen and oxygen atoms in total. The Morgan fingerprint density at radius 1 is 1.27 bits per heavy atom. The lowest BCUT2D eigenvalue weighted by Gasteiger charge is -2.33. The minimum atomic E-state index is -0.0378. The Morgan fingerprint density at radius 3 is 2.70 bits per heavy atom. The summed E-state index contributed by atoms with van der Waals surface area (Å²) in [4.78, 5) is 23.0. The van der Waals surface area contributed by atoms with Gasteiger partial charge < -0.3 is 24.8 Å². The molecular formula is C22H30N4O4. The highest BCUT2D eigenvalue weighted by Gasteiger charge is 2.26. The third kappa shape index (κ3) is 4.99. The second kappa shape index (κ2) is 10.2. The predicted molar refractivity (Wildman–Crippen MR) is 114 cm³/mol. The quantitative estimate of drug-likeness (QED) is 0.749. The molecule has 1 fully saturated rings. The van der Waals surface area contributed by atoms with Gasteiger partial charge in [-0.2, -0.15) is 0 Å². The minimum Gasteiger partial charge on any atom is -0.489 e. The van der Waals surface area contributed by atoms with E-state index in [2.05, 4.69) is 15.2 Å². The maximum Gasteiger partial charge on any atom is 0.253 e. The minimum absolute atomic E-state index is 0.0364. The summed E-state index contributed by atoms with van der Waals surface area (Å²) in [5.74, 6) is 2.11. The smallest absolute Gasteiger partial charge is 0.253 e.